The highest BCUT2D eigenvalue weighted by atomic mass is 19.1. The average Bonchev–Trinajstić information content (AvgIpc) is 2.38. The normalized spacial score (nSPS) is 13.8. The molecule has 0 radical (unpaired) electrons. The molecular formula is C15H24F2N2O. The zero-order valence-electron chi connectivity index (χ0n) is 12.6. The first kappa shape index (κ1) is 17.0. The third-order valence-electron chi connectivity index (χ3n) is 3.81. The number of nitrogens with one attached hydrogen (secondary N) is 1. The third kappa shape index (κ3) is 4.51. The van der Waals surface area contributed by atoms with Gasteiger partial charge in [0.1, 0.15) is 11.6 Å². The minimum atomic E-state index is -0.565. The Morgan fingerprint density at radius 1 is 1.25 bits per heavy atom. The lowest BCUT2D eigenvalue weighted by atomic mass is 10.0. The van der Waals surface area contributed by atoms with E-state index in [1.165, 1.54) is 12.1 Å². The quantitative estimate of drug-likeness (QED) is 0.807. The lowest BCUT2D eigenvalue weighted by Gasteiger charge is -2.34. The molecule has 0 amide bonds. The molecule has 0 aliphatic rings. The van der Waals surface area contributed by atoms with Gasteiger partial charge in [-0.15, -0.1) is 0 Å². The Hall–Kier alpha value is -1.04. The van der Waals surface area contributed by atoms with Crippen LogP contribution >= 0.6 is 0 Å². The van der Waals surface area contributed by atoms with E-state index in [0.717, 1.165) is 6.07 Å². The molecule has 1 atom stereocenters. The van der Waals surface area contributed by atoms with E-state index in [-0.39, 0.29) is 18.2 Å². The second-order valence-electron chi connectivity index (χ2n) is 5.72. The van der Waals surface area contributed by atoms with E-state index in [1.54, 1.807) is 7.05 Å². The third-order valence-corrected chi connectivity index (χ3v) is 3.81. The highest BCUT2D eigenvalue weighted by Gasteiger charge is 2.23. The van der Waals surface area contributed by atoms with E-state index in [2.05, 4.69) is 5.32 Å². The molecule has 1 aromatic rings. The molecular weight excluding hydrogens is 262 g/mol. The molecule has 0 fully saturated rings. The summed E-state index contributed by atoms with van der Waals surface area (Å²) in [7, 11) is 3.69. The largest absolute Gasteiger partial charge is 0.394 e. The molecule has 5 heteroatoms. The van der Waals surface area contributed by atoms with Gasteiger partial charge in [0.25, 0.3) is 0 Å². The Bertz CT molecular complexity index is 418. The lowest BCUT2D eigenvalue weighted by molar-refractivity contribution is 0.0759. The maximum atomic E-state index is 13.3. The first-order chi connectivity index (χ1) is 9.30. The van der Waals surface area contributed by atoms with Gasteiger partial charge in [0.05, 0.1) is 6.61 Å². The second-order valence-corrected chi connectivity index (χ2v) is 5.72. The molecule has 0 aromatic heterocycles. The van der Waals surface area contributed by atoms with Crippen LogP contribution in [0.15, 0.2) is 18.2 Å². The minimum absolute atomic E-state index is 0.0579. The van der Waals surface area contributed by atoms with E-state index in [9.17, 15) is 13.9 Å². The fourth-order valence-electron chi connectivity index (χ4n) is 2.00. The first-order valence-electron chi connectivity index (χ1n) is 6.75. The number of aliphatic hydroxyl groups is 1. The fourth-order valence-corrected chi connectivity index (χ4v) is 2.00. The molecule has 0 bridgehead atoms. The van der Waals surface area contributed by atoms with Crippen molar-refractivity contribution in [3.8, 4) is 0 Å². The van der Waals surface area contributed by atoms with Crippen molar-refractivity contribution < 1.29 is 13.9 Å². The molecule has 0 aliphatic carbocycles. The van der Waals surface area contributed by atoms with Crippen molar-refractivity contribution in [1.29, 1.82) is 0 Å². The van der Waals surface area contributed by atoms with Gasteiger partial charge in [-0.2, -0.15) is 0 Å². The summed E-state index contributed by atoms with van der Waals surface area (Å²) in [6.45, 7) is 4.66. The van der Waals surface area contributed by atoms with Gasteiger partial charge in [-0.3, -0.25) is 4.90 Å². The summed E-state index contributed by atoms with van der Waals surface area (Å²) in [5, 5.41) is 12.4. The van der Waals surface area contributed by atoms with Crippen LogP contribution < -0.4 is 5.32 Å². The standard InChI is InChI=1S/C15H24F2N2O/c1-15(2,10-20)19(4)6-5-14(18-3)11-7-12(16)9-13(17)8-11/h7-9,14,18,20H,5-6,10H2,1-4H3. The maximum absolute atomic E-state index is 13.3. The van der Waals surface area contributed by atoms with Crippen molar-refractivity contribution in [3.63, 3.8) is 0 Å². The summed E-state index contributed by atoms with van der Waals surface area (Å²) in [5.41, 5.74) is 0.283. The predicted octanol–water partition coefficient (Wildman–Crippen LogP) is 2.32. The van der Waals surface area contributed by atoms with Crippen LogP contribution in [0.3, 0.4) is 0 Å². The smallest absolute Gasteiger partial charge is 0.126 e. The van der Waals surface area contributed by atoms with E-state index >= 15 is 0 Å². The molecule has 0 heterocycles. The molecule has 0 aliphatic heterocycles. The number of benzene rings is 1. The summed E-state index contributed by atoms with van der Waals surface area (Å²) in [5.74, 6) is -1.13. The molecule has 1 rings (SSSR count). The van der Waals surface area contributed by atoms with E-state index in [4.69, 9.17) is 0 Å². The topological polar surface area (TPSA) is 35.5 Å². The molecule has 1 unspecified atom stereocenters. The van der Waals surface area contributed by atoms with Crippen molar-refractivity contribution in [2.45, 2.75) is 31.8 Å². The Balaban J connectivity index is 2.73. The Morgan fingerprint density at radius 2 is 1.80 bits per heavy atom. The molecule has 0 spiro atoms. The second kappa shape index (κ2) is 7.11. The van der Waals surface area contributed by atoms with Gasteiger partial charge in [0.2, 0.25) is 0 Å². The van der Waals surface area contributed by atoms with Crippen molar-refractivity contribution >= 4 is 0 Å². The zero-order chi connectivity index (χ0) is 15.3. The fraction of sp³-hybridized carbons (Fsp3) is 0.600. The van der Waals surface area contributed by atoms with Gasteiger partial charge in [0.15, 0.2) is 0 Å². The molecule has 0 saturated heterocycles. The summed E-state index contributed by atoms with van der Waals surface area (Å²) >= 11 is 0. The summed E-state index contributed by atoms with van der Waals surface area (Å²) in [4.78, 5) is 2.03. The molecule has 2 N–H and O–H groups in total. The Kier molecular flexibility index (Phi) is 6.05. The van der Waals surface area contributed by atoms with E-state index in [0.29, 0.717) is 18.5 Å². The van der Waals surface area contributed by atoms with Crippen molar-refractivity contribution in [1.82, 2.24) is 10.2 Å². The average molecular weight is 286 g/mol. The van der Waals surface area contributed by atoms with Gasteiger partial charge < -0.3 is 10.4 Å². The van der Waals surface area contributed by atoms with Gasteiger partial charge in [0, 0.05) is 24.2 Å². The summed E-state index contributed by atoms with van der Waals surface area (Å²) < 4.78 is 26.5. The number of aliphatic hydroxyl groups excluding tert-OH is 1. The molecule has 20 heavy (non-hydrogen) atoms. The monoisotopic (exact) mass is 286 g/mol. The van der Waals surface area contributed by atoms with Crippen molar-refractivity contribution in [3.05, 3.63) is 35.4 Å². The van der Waals surface area contributed by atoms with Crippen LogP contribution in [0, 0.1) is 11.6 Å². The Labute approximate surface area is 119 Å². The number of hydrogen-bond acceptors (Lipinski definition) is 3. The molecule has 114 valence electrons. The number of nitrogens with zero attached hydrogens (tertiary/aromatic N) is 1. The lowest BCUT2D eigenvalue weighted by Crippen LogP contribution is -2.45. The van der Waals surface area contributed by atoms with E-state index < -0.39 is 11.6 Å². The number of rotatable bonds is 7. The van der Waals surface area contributed by atoms with E-state index in [1.807, 2.05) is 25.8 Å². The van der Waals surface area contributed by atoms with Gasteiger partial charge >= 0.3 is 0 Å². The van der Waals surface area contributed by atoms with Crippen LogP contribution in [-0.2, 0) is 0 Å². The van der Waals surface area contributed by atoms with Gasteiger partial charge in [-0.25, -0.2) is 8.78 Å². The SMILES string of the molecule is CNC(CCN(C)C(C)(C)CO)c1cc(F)cc(F)c1. The van der Waals surface area contributed by atoms with Crippen LogP contribution in [0.25, 0.3) is 0 Å². The molecule has 1 aromatic carbocycles. The van der Waals surface area contributed by atoms with Gasteiger partial charge in [-0.1, -0.05) is 0 Å². The van der Waals surface area contributed by atoms with Crippen molar-refractivity contribution in [2.24, 2.45) is 0 Å². The van der Waals surface area contributed by atoms with Crippen LogP contribution in [0.2, 0.25) is 0 Å². The number of halogens is 2. The highest BCUT2D eigenvalue weighted by Crippen LogP contribution is 2.21. The van der Waals surface area contributed by atoms with Crippen LogP contribution in [-0.4, -0.2) is 42.8 Å². The van der Waals surface area contributed by atoms with Crippen LogP contribution in [0.1, 0.15) is 31.9 Å². The van der Waals surface area contributed by atoms with Crippen molar-refractivity contribution in [2.75, 3.05) is 27.2 Å². The van der Waals surface area contributed by atoms with Crippen LogP contribution in [0.4, 0.5) is 8.78 Å². The Morgan fingerprint density at radius 3 is 2.25 bits per heavy atom. The summed E-state index contributed by atoms with van der Waals surface area (Å²) in [6, 6.07) is 3.44. The summed E-state index contributed by atoms with van der Waals surface area (Å²) in [6.07, 6.45) is 0.694. The minimum Gasteiger partial charge on any atom is -0.394 e. The number of hydrogen-bond donors (Lipinski definition) is 2. The number of likely N-dealkylation sites (N-methyl/N-ethyl adjacent to an activating group) is 1. The molecule has 0 saturated carbocycles. The van der Waals surface area contributed by atoms with Crippen LogP contribution in [0.5, 0.6) is 0 Å². The highest BCUT2D eigenvalue weighted by molar-refractivity contribution is 5.21. The molecule has 3 nitrogen and oxygen atoms in total. The predicted molar refractivity (Wildman–Crippen MR) is 76.6 cm³/mol. The first-order valence-corrected chi connectivity index (χ1v) is 6.75. The maximum Gasteiger partial charge on any atom is 0.126 e. The zero-order valence-corrected chi connectivity index (χ0v) is 12.6. The van der Waals surface area contributed by atoms with Gasteiger partial charge in [-0.05, 0) is 52.1 Å².